The number of benzene rings is 1. The van der Waals surface area contributed by atoms with Crippen molar-refractivity contribution in [1.82, 2.24) is 0 Å². The van der Waals surface area contributed by atoms with Gasteiger partial charge in [-0.2, -0.15) is 0 Å². The zero-order valence-corrected chi connectivity index (χ0v) is 14.5. The Bertz CT molecular complexity index is 496. The van der Waals surface area contributed by atoms with Crippen molar-refractivity contribution < 1.29 is 38.3 Å². The van der Waals surface area contributed by atoms with Gasteiger partial charge < -0.3 is 19.7 Å². The van der Waals surface area contributed by atoms with Crippen molar-refractivity contribution in [2.45, 2.75) is 38.0 Å². The second-order valence-corrected chi connectivity index (χ2v) is 8.13. The average molecular weight is 369 g/mol. The van der Waals surface area contributed by atoms with E-state index < -0.39 is 44.0 Å². The Labute approximate surface area is 140 Å². The highest BCUT2D eigenvalue weighted by atomic mass is 31.2. The van der Waals surface area contributed by atoms with Crippen LogP contribution >= 0.6 is 7.72 Å². The first-order chi connectivity index (χ1) is 11.2. The summed E-state index contributed by atoms with van der Waals surface area (Å²) >= 11 is 0. The molecule has 0 saturated heterocycles. The Kier molecular flexibility index (Phi) is 8.59. The van der Waals surface area contributed by atoms with Crippen LogP contribution in [0.2, 0.25) is 0 Å². The van der Waals surface area contributed by atoms with Crippen LogP contribution < -0.4 is 0 Å². The molecule has 138 valence electrons. The van der Waals surface area contributed by atoms with Crippen molar-refractivity contribution in [3.63, 3.8) is 0 Å². The fraction of sp³-hybridized carbons (Fsp3) is 0.600. The Balaban J connectivity index is 2.52. The molecule has 3 unspecified atom stereocenters. The largest absolute Gasteiger partial charge is 0.385 e. The molecule has 0 saturated carbocycles. The van der Waals surface area contributed by atoms with E-state index in [1.807, 2.05) is 0 Å². The summed E-state index contributed by atoms with van der Waals surface area (Å²) in [6.07, 6.45) is -3.81. The van der Waals surface area contributed by atoms with Crippen molar-refractivity contribution >= 4 is 7.72 Å². The highest BCUT2D eigenvalue weighted by Crippen LogP contribution is 2.54. The first-order valence-electron chi connectivity index (χ1n) is 7.42. The summed E-state index contributed by atoms with van der Waals surface area (Å²) in [7, 11) is -2.22. The molecule has 0 aliphatic heterocycles. The van der Waals surface area contributed by atoms with Gasteiger partial charge in [0, 0.05) is 13.5 Å². The fourth-order valence-corrected chi connectivity index (χ4v) is 3.80. The summed E-state index contributed by atoms with van der Waals surface area (Å²) < 4.78 is 36.9. The van der Waals surface area contributed by atoms with Gasteiger partial charge in [-0.15, -0.1) is 0 Å². The average Bonchev–Trinajstić information content (AvgIpc) is 2.49. The highest BCUT2D eigenvalue weighted by Gasteiger charge is 2.36. The predicted molar refractivity (Wildman–Crippen MR) is 85.3 cm³/mol. The van der Waals surface area contributed by atoms with Gasteiger partial charge >= 0.3 is 0 Å². The summed E-state index contributed by atoms with van der Waals surface area (Å²) in [4.78, 5) is 20.1. The number of halogens is 2. The van der Waals surface area contributed by atoms with Crippen LogP contribution in [-0.4, -0.2) is 58.4 Å². The molecular weight excluding hydrogens is 345 g/mol. The molecule has 0 radical (unpaired) electrons. The van der Waals surface area contributed by atoms with Gasteiger partial charge in [-0.25, -0.2) is 18.6 Å². The van der Waals surface area contributed by atoms with Crippen LogP contribution in [0.25, 0.3) is 0 Å². The summed E-state index contributed by atoms with van der Waals surface area (Å²) in [6, 6.07) is 3.31. The maximum atomic E-state index is 13.6. The third kappa shape index (κ3) is 7.03. The summed E-state index contributed by atoms with van der Waals surface area (Å²) in [5, 5.41) is 19.1. The number of aliphatic hydroxyl groups is 2. The molecule has 6 nitrogen and oxygen atoms in total. The quantitative estimate of drug-likeness (QED) is 0.368. The first kappa shape index (κ1) is 21.3. The Morgan fingerprint density at radius 2 is 1.75 bits per heavy atom. The third-order valence-corrected chi connectivity index (χ3v) is 5.20. The number of hydrogen-bond acceptors (Lipinski definition) is 6. The number of hydrogen-bond donors (Lipinski definition) is 4. The summed E-state index contributed by atoms with van der Waals surface area (Å²) in [5.41, 5.74) is -0.361. The molecule has 1 aromatic carbocycles. The number of rotatable bonds is 10. The fourth-order valence-electron chi connectivity index (χ4n) is 2.05. The molecule has 0 heterocycles. The lowest BCUT2D eigenvalue weighted by atomic mass is 10.2. The van der Waals surface area contributed by atoms with Crippen LogP contribution in [0.3, 0.4) is 0 Å². The molecule has 1 aromatic rings. The molecule has 1 rings (SSSR count). The number of methoxy groups -OCH3 is 1. The van der Waals surface area contributed by atoms with E-state index in [1.54, 1.807) is 6.92 Å². The van der Waals surface area contributed by atoms with Gasteiger partial charge in [0.05, 0.1) is 18.3 Å². The molecule has 0 fully saturated rings. The number of aliphatic hydroxyl groups excluding tert-OH is 2. The molecule has 0 bridgehead atoms. The zero-order valence-electron chi connectivity index (χ0n) is 13.6. The third-order valence-electron chi connectivity index (χ3n) is 3.41. The van der Waals surface area contributed by atoms with Crippen LogP contribution in [0.4, 0.5) is 8.78 Å². The minimum atomic E-state index is -3.58. The van der Waals surface area contributed by atoms with E-state index in [0.29, 0.717) is 0 Å². The van der Waals surface area contributed by atoms with Crippen molar-refractivity contribution in [2.75, 3.05) is 19.9 Å². The van der Waals surface area contributed by atoms with Crippen LogP contribution in [-0.2, 0) is 15.6 Å². The molecular formula is C15H24F2O6P+. The van der Waals surface area contributed by atoms with Crippen molar-refractivity contribution in [3.05, 3.63) is 35.4 Å². The second-order valence-electron chi connectivity index (χ2n) is 5.61. The van der Waals surface area contributed by atoms with E-state index in [-0.39, 0.29) is 24.8 Å². The molecule has 4 N–H and O–H groups in total. The lowest BCUT2D eigenvalue weighted by Gasteiger charge is -2.22. The molecule has 3 atom stereocenters. The van der Waals surface area contributed by atoms with Crippen molar-refractivity contribution in [3.8, 4) is 0 Å². The Morgan fingerprint density at radius 1 is 1.17 bits per heavy atom. The van der Waals surface area contributed by atoms with Crippen molar-refractivity contribution in [1.29, 1.82) is 0 Å². The molecule has 0 spiro atoms. The highest BCUT2D eigenvalue weighted by molar-refractivity contribution is 7.63. The number of ether oxygens (including phenoxy) is 2. The van der Waals surface area contributed by atoms with Crippen molar-refractivity contribution in [2.24, 2.45) is 0 Å². The molecule has 24 heavy (non-hydrogen) atoms. The first-order valence-corrected chi connectivity index (χ1v) is 9.48. The Hall–Kier alpha value is -0.730. The second kappa shape index (κ2) is 9.68. The van der Waals surface area contributed by atoms with E-state index in [9.17, 15) is 28.8 Å². The maximum Gasteiger partial charge on any atom is 0.272 e. The van der Waals surface area contributed by atoms with Crippen LogP contribution in [0, 0.1) is 11.6 Å². The zero-order chi connectivity index (χ0) is 18.3. The van der Waals surface area contributed by atoms with E-state index in [2.05, 4.69) is 4.74 Å². The molecule has 0 aromatic heterocycles. The monoisotopic (exact) mass is 369 g/mol. The summed E-state index contributed by atoms with van der Waals surface area (Å²) in [5.74, 6) is -1.66. The lowest BCUT2D eigenvalue weighted by molar-refractivity contribution is -0.194. The maximum absolute atomic E-state index is 13.6. The summed E-state index contributed by atoms with van der Waals surface area (Å²) in [6.45, 7) is 1.46. The van der Waals surface area contributed by atoms with Gasteiger partial charge in [0.1, 0.15) is 30.1 Å². The van der Waals surface area contributed by atoms with E-state index in [0.717, 1.165) is 12.1 Å². The van der Waals surface area contributed by atoms with Gasteiger partial charge in [0.2, 0.25) is 0 Å². The van der Waals surface area contributed by atoms with Gasteiger partial charge in [-0.3, -0.25) is 0 Å². The molecule has 9 heteroatoms. The van der Waals surface area contributed by atoms with E-state index >= 15 is 0 Å². The Morgan fingerprint density at radius 3 is 2.29 bits per heavy atom. The minimum Gasteiger partial charge on any atom is -0.385 e. The van der Waals surface area contributed by atoms with Gasteiger partial charge in [0.15, 0.2) is 6.29 Å². The predicted octanol–water partition coefficient (Wildman–Crippen LogP) is 1.42. The van der Waals surface area contributed by atoms with E-state index in [4.69, 9.17) is 4.74 Å². The molecule has 0 amide bonds. The van der Waals surface area contributed by atoms with E-state index in [1.165, 1.54) is 13.2 Å². The van der Waals surface area contributed by atoms with Crippen LogP contribution in [0.1, 0.15) is 18.9 Å². The molecule has 0 aliphatic carbocycles. The van der Waals surface area contributed by atoms with Gasteiger partial charge in [-0.1, -0.05) is 6.07 Å². The smallest absolute Gasteiger partial charge is 0.272 e. The van der Waals surface area contributed by atoms with Crippen LogP contribution in [0.5, 0.6) is 0 Å². The SMILES string of the molecule is COCC(O)C(O)OC(C)CC[P+](O)(O)Cc1c(F)cccc1F. The topological polar surface area (TPSA) is 99.4 Å². The van der Waals surface area contributed by atoms with Crippen LogP contribution in [0.15, 0.2) is 18.2 Å². The normalized spacial score (nSPS) is 16.0. The molecule has 0 aliphatic rings. The standard InChI is InChI=1S/C15H24F2O6P/c1-10(23-15(19)14(18)8-22-2)6-7-24(20,21)9-11-12(16)4-3-5-13(11)17/h3-5,10,14-15,18-21H,6-9H2,1-2H3/q+1. The lowest BCUT2D eigenvalue weighted by Crippen LogP contribution is -2.35. The van der Waals surface area contributed by atoms with Gasteiger partial charge in [-0.05, 0) is 19.1 Å². The minimum absolute atomic E-state index is 0.114. The van der Waals surface area contributed by atoms with Gasteiger partial charge in [0.25, 0.3) is 7.72 Å².